The Balaban J connectivity index is 1.78. The lowest BCUT2D eigenvalue weighted by Crippen LogP contribution is -2.27. The zero-order valence-electron chi connectivity index (χ0n) is 13.4. The van der Waals surface area contributed by atoms with Gasteiger partial charge in [0, 0.05) is 0 Å². The first-order chi connectivity index (χ1) is 11.9. The van der Waals surface area contributed by atoms with Gasteiger partial charge in [-0.05, 0) is 48.0 Å². The summed E-state index contributed by atoms with van der Waals surface area (Å²) in [5.74, 6) is -1.34. The number of amides is 2. The lowest BCUT2D eigenvalue weighted by atomic mass is 10.1. The van der Waals surface area contributed by atoms with Crippen molar-refractivity contribution in [3.8, 4) is 0 Å². The molecule has 1 heterocycles. The van der Waals surface area contributed by atoms with Crippen LogP contribution in [0.3, 0.4) is 0 Å². The molecule has 1 aliphatic heterocycles. The SMILES string of the molecule is Cc1ccc(CN2C(=O)SC(=Cc3ccc(C(=O)O)cc3)C2=O)cc1. The molecular weight excluding hydrogens is 338 g/mol. The molecule has 2 aromatic rings. The highest BCUT2D eigenvalue weighted by Crippen LogP contribution is 2.33. The van der Waals surface area contributed by atoms with Crippen LogP contribution in [0, 0.1) is 6.92 Å². The minimum absolute atomic E-state index is 0.171. The van der Waals surface area contributed by atoms with Crippen LogP contribution < -0.4 is 0 Å². The van der Waals surface area contributed by atoms with Crippen molar-refractivity contribution in [2.45, 2.75) is 13.5 Å². The molecule has 25 heavy (non-hydrogen) atoms. The standard InChI is InChI=1S/C19H15NO4S/c1-12-2-4-14(5-3-12)11-20-17(21)16(25-19(20)24)10-13-6-8-15(9-7-13)18(22)23/h2-10H,11H2,1H3,(H,22,23). The van der Waals surface area contributed by atoms with Crippen LogP contribution >= 0.6 is 11.8 Å². The lowest BCUT2D eigenvalue weighted by molar-refractivity contribution is -0.123. The number of aryl methyl sites for hydroxylation is 1. The Morgan fingerprint density at radius 3 is 2.32 bits per heavy atom. The second-order valence-electron chi connectivity index (χ2n) is 5.68. The van der Waals surface area contributed by atoms with E-state index in [-0.39, 0.29) is 23.3 Å². The van der Waals surface area contributed by atoms with E-state index in [4.69, 9.17) is 5.11 Å². The number of hydrogen-bond acceptors (Lipinski definition) is 4. The van der Waals surface area contributed by atoms with Crippen LogP contribution in [0.25, 0.3) is 6.08 Å². The Hall–Kier alpha value is -2.86. The Bertz CT molecular complexity index is 869. The molecule has 0 aromatic heterocycles. The number of benzene rings is 2. The van der Waals surface area contributed by atoms with Gasteiger partial charge in [-0.25, -0.2) is 4.79 Å². The molecule has 2 aromatic carbocycles. The minimum atomic E-state index is -1.01. The van der Waals surface area contributed by atoms with E-state index in [1.807, 2.05) is 31.2 Å². The zero-order chi connectivity index (χ0) is 18.0. The van der Waals surface area contributed by atoms with E-state index in [2.05, 4.69) is 0 Å². The van der Waals surface area contributed by atoms with E-state index in [1.54, 1.807) is 18.2 Å². The third kappa shape index (κ3) is 3.80. The molecule has 0 radical (unpaired) electrons. The number of carbonyl (C=O) groups excluding carboxylic acids is 2. The summed E-state index contributed by atoms with van der Waals surface area (Å²) in [4.78, 5) is 37.1. The summed E-state index contributed by atoms with van der Waals surface area (Å²) in [5, 5.41) is 8.60. The Morgan fingerprint density at radius 2 is 1.72 bits per heavy atom. The van der Waals surface area contributed by atoms with Gasteiger partial charge in [-0.1, -0.05) is 42.0 Å². The molecule has 0 spiro atoms. The van der Waals surface area contributed by atoms with E-state index < -0.39 is 5.97 Å². The highest BCUT2D eigenvalue weighted by atomic mass is 32.2. The van der Waals surface area contributed by atoms with E-state index >= 15 is 0 Å². The van der Waals surface area contributed by atoms with E-state index in [1.165, 1.54) is 17.0 Å². The summed E-state index contributed by atoms with van der Waals surface area (Å²) in [6.45, 7) is 2.21. The van der Waals surface area contributed by atoms with Crippen molar-refractivity contribution in [1.82, 2.24) is 4.90 Å². The molecule has 0 atom stereocenters. The van der Waals surface area contributed by atoms with Crippen LogP contribution in [-0.4, -0.2) is 27.1 Å². The predicted molar refractivity (Wildman–Crippen MR) is 96.1 cm³/mol. The number of carboxylic acids is 1. The maximum Gasteiger partial charge on any atom is 0.335 e. The third-order valence-electron chi connectivity index (χ3n) is 3.79. The number of hydrogen-bond donors (Lipinski definition) is 1. The van der Waals surface area contributed by atoms with Gasteiger partial charge in [0.1, 0.15) is 0 Å². The highest BCUT2D eigenvalue weighted by molar-refractivity contribution is 8.18. The molecule has 1 saturated heterocycles. The molecule has 0 bridgehead atoms. The van der Waals surface area contributed by atoms with Crippen LogP contribution in [0.4, 0.5) is 4.79 Å². The predicted octanol–water partition coefficient (Wildman–Crippen LogP) is 3.93. The number of rotatable bonds is 4. The molecule has 1 N–H and O–H groups in total. The number of aromatic carboxylic acids is 1. The molecular formula is C19H15NO4S. The first kappa shape index (κ1) is 17.0. The van der Waals surface area contributed by atoms with Gasteiger partial charge in [0.05, 0.1) is 17.0 Å². The topological polar surface area (TPSA) is 74.7 Å². The van der Waals surface area contributed by atoms with Crippen molar-refractivity contribution in [3.63, 3.8) is 0 Å². The molecule has 126 valence electrons. The largest absolute Gasteiger partial charge is 0.478 e. The normalized spacial score (nSPS) is 15.9. The molecule has 1 aliphatic rings. The Kier molecular flexibility index (Phi) is 4.72. The van der Waals surface area contributed by atoms with Gasteiger partial charge in [-0.2, -0.15) is 0 Å². The summed E-state index contributed by atoms with van der Waals surface area (Å²) in [6, 6.07) is 13.8. The maximum atomic E-state index is 12.5. The number of thioether (sulfide) groups is 1. The van der Waals surface area contributed by atoms with Crippen LogP contribution in [0.1, 0.15) is 27.0 Å². The highest BCUT2D eigenvalue weighted by Gasteiger charge is 2.34. The molecule has 3 rings (SSSR count). The summed E-state index contributed by atoms with van der Waals surface area (Å²) >= 11 is 0.892. The van der Waals surface area contributed by atoms with Crippen LogP contribution in [-0.2, 0) is 11.3 Å². The smallest absolute Gasteiger partial charge is 0.335 e. The van der Waals surface area contributed by atoms with Crippen molar-refractivity contribution in [2.75, 3.05) is 0 Å². The molecule has 6 heteroatoms. The molecule has 0 unspecified atom stereocenters. The van der Waals surface area contributed by atoms with Crippen LogP contribution in [0.15, 0.2) is 53.4 Å². The fourth-order valence-corrected chi connectivity index (χ4v) is 3.22. The number of carboxylic acid groups (broad SMARTS) is 1. The van der Waals surface area contributed by atoms with Crippen molar-refractivity contribution < 1.29 is 19.5 Å². The molecule has 1 fully saturated rings. The second-order valence-corrected chi connectivity index (χ2v) is 6.67. The van der Waals surface area contributed by atoms with Crippen molar-refractivity contribution >= 4 is 35.0 Å². The first-order valence-electron chi connectivity index (χ1n) is 7.58. The van der Waals surface area contributed by atoms with Gasteiger partial charge in [0.2, 0.25) is 0 Å². The van der Waals surface area contributed by atoms with Crippen molar-refractivity contribution in [2.24, 2.45) is 0 Å². The Labute approximate surface area is 149 Å². The quantitative estimate of drug-likeness (QED) is 0.843. The van der Waals surface area contributed by atoms with E-state index in [0.29, 0.717) is 10.5 Å². The van der Waals surface area contributed by atoms with E-state index in [9.17, 15) is 14.4 Å². The fraction of sp³-hybridized carbons (Fsp3) is 0.105. The number of nitrogens with zero attached hydrogens (tertiary/aromatic N) is 1. The monoisotopic (exact) mass is 353 g/mol. The molecule has 2 amide bonds. The van der Waals surface area contributed by atoms with Crippen LogP contribution in [0.5, 0.6) is 0 Å². The van der Waals surface area contributed by atoms with E-state index in [0.717, 1.165) is 22.9 Å². The average Bonchev–Trinajstić information content (AvgIpc) is 2.85. The molecule has 5 nitrogen and oxygen atoms in total. The molecule has 0 saturated carbocycles. The van der Waals surface area contributed by atoms with Crippen LogP contribution in [0.2, 0.25) is 0 Å². The van der Waals surface area contributed by atoms with Gasteiger partial charge in [0.25, 0.3) is 11.1 Å². The summed E-state index contributed by atoms with van der Waals surface area (Å²) in [7, 11) is 0. The zero-order valence-corrected chi connectivity index (χ0v) is 14.2. The summed E-state index contributed by atoms with van der Waals surface area (Å²) in [5.41, 5.74) is 2.85. The summed E-state index contributed by atoms with van der Waals surface area (Å²) < 4.78 is 0. The van der Waals surface area contributed by atoms with Gasteiger partial charge < -0.3 is 5.11 Å². The second kappa shape index (κ2) is 6.94. The Morgan fingerprint density at radius 1 is 1.08 bits per heavy atom. The molecule has 0 aliphatic carbocycles. The van der Waals surface area contributed by atoms with Gasteiger partial charge in [-0.3, -0.25) is 14.5 Å². The average molecular weight is 353 g/mol. The third-order valence-corrected chi connectivity index (χ3v) is 4.70. The first-order valence-corrected chi connectivity index (χ1v) is 8.40. The minimum Gasteiger partial charge on any atom is -0.478 e. The lowest BCUT2D eigenvalue weighted by Gasteiger charge is -2.12. The van der Waals surface area contributed by atoms with Crippen molar-refractivity contribution in [1.29, 1.82) is 0 Å². The van der Waals surface area contributed by atoms with Crippen molar-refractivity contribution in [3.05, 3.63) is 75.7 Å². The fourth-order valence-electron chi connectivity index (χ4n) is 2.39. The number of imide groups is 1. The van der Waals surface area contributed by atoms with Gasteiger partial charge in [0.15, 0.2) is 0 Å². The summed E-state index contributed by atoms with van der Waals surface area (Å²) in [6.07, 6.45) is 1.60. The van der Waals surface area contributed by atoms with Gasteiger partial charge >= 0.3 is 5.97 Å². The van der Waals surface area contributed by atoms with Gasteiger partial charge in [-0.15, -0.1) is 0 Å². The number of carbonyl (C=O) groups is 3. The maximum absolute atomic E-state index is 12.5.